The summed E-state index contributed by atoms with van der Waals surface area (Å²) in [6.07, 6.45) is 0.590. The van der Waals surface area contributed by atoms with Gasteiger partial charge in [0.05, 0.1) is 10.9 Å². The Labute approximate surface area is 81.8 Å². The van der Waals surface area contributed by atoms with E-state index < -0.39 is 5.92 Å². The highest BCUT2D eigenvalue weighted by Gasteiger charge is 2.18. The number of thiophene rings is 1. The molecule has 0 radical (unpaired) electrons. The number of rotatable bonds is 3. The minimum atomic E-state index is -0.474. The van der Waals surface area contributed by atoms with Gasteiger partial charge in [0, 0.05) is 4.88 Å². The van der Waals surface area contributed by atoms with Crippen LogP contribution < -0.4 is 0 Å². The molecule has 1 aromatic rings. The van der Waals surface area contributed by atoms with Crippen molar-refractivity contribution in [2.75, 3.05) is 0 Å². The topological polar surface area (TPSA) is 40.9 Å². The van der Waals surface area contributed by atoms with E-state index in [1.54, 1.807) is 6.07 Å². The zero-order valence-electron chi connectivity index (χ0n) is 7.70. The van der Waals surface area contributed by atoms with Crippen molar-refractivity contribution in [3.63, 3.8) is 0 Å². The summed E-state index contributed by atoms with van der Waals surface area (Å²) in [5, 5.41) is 8.70. The van der Waals surface area contributed by atoms with Crippen molar-refractivity contribution in [2.45, 2.75) is 20.3 Å². The van der Waals surface area contributed by atoms with Gasteiger partial charge in [0.25, 0.3) is 0 Å². The average molecular weight is 193 g/mol. The van der Waals surface area contributed by atoms with E-state index in [1.165, 1.54) is 11.3 Å². The highest BCUT2D eigenvalue weighted by Crippen LogP contribution is 2.20. The van der Waals surface area contributed by atoms with Crippen molar-refractivity contribution >= 4 is 17.1 Å². The van der Waals surface area contributed by atoms with Crippen molar-refractivity contribution in [2.24, 2.45) is 5.92 Å². The minimum absolute atomic E-state index is 0.0388. The molecule has 2 nitrogen and oxygen atoms in total. The molecule has 3 heteroatoms. The van der Waals surface area contributed by atoms with Crippen LogP contribution in [0.1, 0.15) is 27.9 Å². The van der Waals surface area contributed by atoms with Gasteiger partial charge in [-0.05, 0) is 25.5 Å². The Morgan fingerprint density at radius 1 is 1.69 bits per heavy atom. The van der Waals surface area contributed by atoms with Crippen LogP contribution in [0.4, 0.5) is 0 Å². The Balaban J connectivity index is 2.85. The summed E-state index contributed by atoms with van der Waals surface area (Å²) in [5.41, 5.74) is 0. The third-order valence-corrected chi connectivity index (χ3v) is 2.88. The third-order valence-electron chi connectivity index (χ3n) is 1.86. The Morgan fingerprint density at radius 2 is 2.38 bits per heavy atom. The number of hydrogen-bond donors (Lipinski definition) is 0. The summed E-state index contributed by atoms with van der Waals surface area (Å²) in [6.45, 7) is 3.81. The Hall–Kier alpha value is -1.14. The van der Waals surface area contributed by atoms with Gasteiger partial charge >= 0.3 is 0 Å². The molecule has 0 saturated heterocycles. The normalized spacial score (nSPS) is 12.1. The highest BCUT2D eigenvalue weighted by molar-refractivity contribution is 7.14. The summed E-state index contributed by atoms with van der Waals surface area (Å²) in [7, 11) is 0. The monoisotopic (exact) mass is 193 g/mol. The van der Waals surface area contributed by atoms with Gasteiger partial charge in [-0.1, -0.05) is 6.92 Å². The molecule has 0 spiro atoms. The number of nitriles is 1. The lowest BCUT2D eigenvalue weighted by Crippen LogP contribution is -2.09. The smallest absolute Gasteiger partial charge is 0.189 e. The Bertz CT molecular complexity index is 348. The minimum Gasteiger partial charge on any atom is -0.292 e. The summed E-state index contributed by atoms with van der Waals surface area (Å²) >= 11 is 1.45. The quantitative estimate of drug-likeness (QED) is 0.692. The molecule has 0 N–H and O–H groups in total. The molecule has 0 saturated carbocycles. The van der Waals surface area contributed by atoms with E-state index in [1.807, 2.05) is 26.0 Å². The van der Waals surface area contributed by atoms with Crippen LogP contribution in [0.15, 0.2) is 12.1 Å². The zero-order chi connectivity index (χ0) is 9.84. The van der Waals surface area contributed by atoms with Gasteiger partial charge in [0.1, 0.15) is 5.92 Å². The fraction of sp³-hybridized carbons (Fsp3) is 0.400. The van der Waals surface area contributed by atoms with Crippen molar-refractivity contribution in [1.82, 2.24) is 0 Å². The van der Waals surface area contributed by atoms with Crippen molar-refractivity contribution in [3.05, 3.63) is 21.9 Å². The average Bonchev–Trinajstić information content (AvgIpc) is 2.54. The van der Waals surface area contributed by atoms with E-state index in [0.717, 1.165) is 4.88 Å². The first kappa shape index (κ1) is 9.94. The maximum Gasteiger partial charge on any atom is 0.189 e. The number of carbonyl (C=O) groups excluding carboxylic acids is 1. The second-order valence-corrected chi connectivity index (χ2v) is 4.15. The van der Waals surface area contributed by atoms with E-state index in [2.05, 4.69) is 0 Å². The van der Waals surface area contributed by atoms with Gasteiger partial charge in [-0.25, -0.2) is 0 Å². The maximum atomic E-state index is 11.6. The van der Waals surface area contributed by atoms with E-state index in [-0.39, 0.29) is 5.78 Å². The fourth-order valence-electron chi connectivity index (χ4n) is 1.07. The Kier molecular flexibility index (Phi) is 3.21. The maximum absolute atomic E-state index is 11.6. The van der Waals surface area contributed by atoms with Crippen LogP contribution in [0.5, 0.6) is 0 Å². The third kappa shape index (κ3) is 2.16. The number of aryl methyl sites for hydroxylation is 1. The second-order valence-electron chi connectivity index (χ2n) is 2.86. The van der Waals surface area contributed by atoms with E-state index in [0.29, 0.717) is 11.3 Å². The molecule has 13 heavy (non-hydrogen) atoms. The molecule has 1 unspecified atom stereocenters. The van der Waals surface area contributed by atoms with Crippen LogP contribution in [-0.4, -0.2) is 5.78 Å². The molecule has 1 atom stereocenters. The molecule has 0 amide bonds. The van der Waals surface area contributed by atoms with Gasteiger partial charge < -0.3 is 0 Å². The van der Waals surface area contributed by atoms with E-state index in [4.69, 9.17) is 5.26 Å². The molecule has 0 fully saturated rings. The summed E-state index contributed by atoms with van der Waals surface area (Å²) < 4.78 is 0. The molecule has 0 aliphatic carbocycles. The summed E-state index contributed by atoms with van der Waals surface area (Å²) in [5.74, 6) is -0.513. The number of hydrogen-bond acceptors (Lipinski definition) is 3. The van der Waals surface area contributed by atoms with Crippen LogP contribution >= 0.6 is 11.3 Å². The van der Waals surface area contributed by atoms with E-state index >= 15 is 0 Å². The van der Waals surface area contributed by atoms with Crippen LogP contribution in [0.25, 0.3) is 0 Å². The molecule has 1 rings (SSSR count). The highest BCUT2D eigenvalue weighted by atomic mass is 32.1. The molecular weight excluding hydrogens is 182 g/mol. The first-order valence-corrected chi connectivity index (χ1v) is 5.01. The van der Waals surface area contributed by atoms with Gasteiger partial charge in [0.15, 0.2) is 5.78 Å². The molecule has 0 aliphatic heterocycles. The van der Waals surface area contributed by atoms with Gasteiger partial charge in [-0.15, -0.1) is 11.3 Å². The van der Waals surface area contributed by atoms with Gasteiger partial charge in [-0.2, -0.15) is 5.26 Å². The molecule has 0 bridgehead atoms. The summed E-state index contributed by atoms with van der Waals surface area (Å²) in [4.78, 5) is 13.4. The number of Topliss-reactive ketones (excluding diaryl/α,β-unsaturated/α-hetero) is 1. The number of nitrogens with zero attached hydrogens (tertiary/aromatic N) is 1. The molecule has 1 heterocycles. The SMILES string of the molecule is CCC(C#N)C(=O)c1ccc(C)s1. The first-order chi connectivity index (χ1) is 6.19. The molecule has 1 aromatic heterocycles. The first-order valence-electron chi connectivity index (χ1n) is 4.19. The van der Waals surface area contributed by atoms with Gasteiger partial charge in [0.2, 0.25) is 0 Å². The molecular formula is C10H11NOS. The molecule has 0 aromatic carbocycles. The van der Waals surface area contributed by atoms with Gasteiger partial charge in [-0.3, -0.25) is 4.79 Å². The lowest BCUT2D eigenvalue weighted by Gasteiger charge is -2.00. The summed E-state index contributed by atoms with van der Waals surface area (Å²) in [6, 6.07) is 5.72. The number of ketones is 1. The van der Waals surface area contributed by atoms with Crippen LogP contribution in [0.3, 0.4) is 0 Å². The number of carbonyl (C=O) groups is 1. The lowest BCUT2D eigenvalue weighted by atomic mass is 10.0. The zero-order valence-corrected chi connectivity index (χ0v) is 8.52. The fourth-order valence-corrected chi connectivity index (χ4v) is 1.94. The van der Waals surface area contributed by atoms with Crippen LogP contribution in [-0.2, 0) is 0 Å². The van der Waals surface area contributed by atoms with Crippen LogP contribution in [0, 0.1) is 24.2 Å². The predicted molar refractivity (Wildman–Crippen MR) is 52.8 cm³/mol. The van der Waals surface area contributed by atoms with Crippen molar-refractivity contribution in [1.29, 1.82) is 5.26 Å². The standard InChI is InChI=1S/C10H11NOS/c1-3-8(6-11)10(12)9-5-4-7(2)13-9/h4-5,8H,3H2,1-2H3. The predicted octanol–water partition coefficient (Wildman–Crippen LogP) is 2.79. The largest absolute Gasteiger partial charge is 0.292 e. The second kappa shape index (κ2) is 4.20. The molecule has 68 valence electrons. The van der Waals surface area contributed by atoms with Crippen molar-refractivity contribution in [3.8, 4) is 6.07 Å². The molecule has 0 aliphatic rings. The van der Waals surface area contributed by atoms with Crippen LogP contribution in [0.2, 0.25) is 0 Å². The van der Waals surface area contributed by atoms with E-state index in [9.17, 15) is 4.79 Å². The Morgan fingerprint density at radius 3 is 2.77 bits per heavy atom. The van der Waals surface area contributed by atoms with Crippen molar-refractivity contribution < 1.29 is 4.79 Å². The lowest BCUT2D eigenvalue weighted by molar-refractivity contribution is 0.0950.